The molecule has 0 bridgehead atoms. The quantitative estimate of drug-likeness (QED) is 0.824. The number of ether oxygens (including phenoxy) is 1. The molecular formula is C16H21N3O2S. The third-order valence-corrected chi connectivity index (χ3v) is 4.95. The van der Waals surface area contributed by atoms with E-state index in [9.17, 15) is 0 Å². The summed E-state index contributed by atoms with van der Waals surface area (Å²) >= 11 is 1.83. The van der Waals surface area contributed by atoms with Gasteiger partial charge in [-0.2, -0.15) is 11.8 Å². The Morgan fingerprint density at radius 2 is 2.05 bits per heavy atom. The highest BCUT2D eigenvalue weighted by Crippen LogP contribution is 2.31. The molecule has 0 saturated carbocycles. The number of hydrogen-bond donors (Lipinski definition) is 2. The van der Waals surface area contributed by atoms with Crippen molar-refractivity contribution in [3.63, 3.8) is 0 Å². The SMILES string of the molecule is Cc1noc(-c2ccc(N)cc2)c1CSCC1CCC(N)O1. The van der Waals surface area contributed by atoms with E-state index in [-0.39, 0.29) is 12.3 Å². The van der Waals surface area contributed by atoms with Gasteiger partial charge in [-0.15, -0.1) is 0 Å². The summed E-state index contributed by atoms with van der Waals surface area (Å²) < 4.78 is 11.1. The zero-order chi connectivity index (χ0) is 15.5. The minimum atomic E-state index is -0.0896. The number of nitrogens with two attached hydrogens (primary N) is 2. The molecule has 4 N–H and O–H groups in total. The molecule has 0 aliphatic carbocycles. The molecule has 1 saturated heterocycles. The molecule has 2 atom stereocenters. The van der Waals surface area contributed by atoms with Crippen LogP contribution in [-0.2, 0) is 10.5 Å². The summed E-state index contributed by atoms with van der Waals surface area (Å²) in [6.07, 6.45) is 2.17. The maximum absolute atomic E-state index is 5.76. The number of nitrogen functional groups attached to an aromatic ring is 1. The predicted molar refractivity (Wildman–Crippen MR) is 89.3 cm³/mol. The zero-order valence-electron chi connectivity index (χ0n) is 12.6. The molecule has 1 aliphatic rings. The molecule has 0 radical (unpaired) electrons. The number of benzene rings is 1. The first-order valence-electron chi connectivity index (χ1n) is 7.43. The molecular weight excluding hydrogens is 298 g/mol. The van der Waals surface area contributed by atoms with Gasteiger partial charge in [0.15, 0.2) is 5.76 Å². The molecule has 1 aromatic carbocycles. The van der Waals surface area contributed by atoms with Gasteiger partial charge in [0.1, 0.15) is 6.23 Å². The van der Waals surface area contributed by atoms with Crippen LogP contribution in [0, 0.1) is 6.92 Å². The molecule has 1 aromatic heterocycles. The van der Waals surface area contributed by atoms with Crippen molar-refractivity contribution >= 4 is 17.4 Å². The van der Waals surface area contributed by atoms with Gasteiger partial charge in [0.25, 0.3) is 0 Å². The maximum Gasteiger partial charge on any atom is 0.171 e. The summed E-state index contributed by atoms with van der Waals surface area (Å²) in [5.74, 6) is 2.62. The van der Waals surface area contributed by atoms with E-state index in [1.165, 1.54) is 0 Å². The number of nitrogens with zero attached hydrogens (tertiary/aromatic N) is 1. The lowest BCUT2D eigenvalue weighted by Gasteiger charge is -2.10. The van der Waals surface area contributed by atoms with Crippen LogP contribution in [0.15, 0.2) is 28.8 Å². The van der Waals surface area contributed by atoms with E-state index in [4.69, 9.17) is 20.7 Å². The van der Waals surface area contributed by atoms with Crippen molar-refractivity contribution in [1.29, 1.82) is 0 Å². The van der Waals surface area contributed by atoms with E-state index in [2.05, 4.69) is 5.16 Å². The molecule has 5 nitrogen and oxygen atoms in total. The fourth-order valence-electron chi connectivity index (χ4n) is 2.57. The molecule has 6 heteroatoms. The van der Waals surface area contributed by atoms with Gasteiger partial charge >= 0.3 is 0 Å². The Bertz CT molecular complexity index is 627. The van der Waals surface area contributed by atoms with Crippen molar-refractivity contribution in [2.24, 2.45) is 5.73 Å². The fourth-order valence-corrected chi connectivity index (χ4v) is 3.74. The van der Waals surface area contributed by atoms with Crippen molar-refractivity contribution in [2.75, 3.05) is 11.5 Å². The van der Waals surface area contributed by atoms with Gasteiger partial charge in [-0.05, 0) is 44.0 Å². The molecule has 1 fully saturated rings. The van der Waals surface area contributed by atoms with Crippen molar-refractivity contribution < 1.29 is 9.26 Å². The molecule has 3 rings (SSSR count). The van der Waals surface area contributed by atoms with Crippen LogP contribution in [0.3, 0.4) is 0 Å². The normalized spacial score (nSPS) is 21.4. The van der Waals surface area contributed by atoms with Gasteiger partial charge in [-0.3, -0.25) is 0 Å². The highest BCUT2D eigenvalue weighted by molar-refractivity contribution is 7.98. The molecule has 1 aliphatic heterocycles. The monoisotopic (exact) mass is 319 g/mol. The number of aryl methyl sites for hydroxylation is 1. The van der Waals surface area contributed by atoms with Crippen molar-refractivity contribution in [2.45, 2.75) is 37.9 Å². The molecule has 118 valence electrons. The number of rotatable bonds is 5. The minimum Gasteiger partial charge on any atom is -0.399 e. The second-order valence-corrected chi connectivity index (χ2v) is 6.62. The molecule has 2 aromatic rings. The Balaban J connectivity index is 1.66. The summed E-state index contributed by atoms with van der Waals surface area (Å²) in [7, 11) is 0. The summed E-state index contributed by atoms with van der Waals surface area (Å²) in [5, 5.41) is 4.11. The Labute approximate surface area is 134 Å². The lowest BCUT2D eigenvalue weighted by molar-refractivity contribution is 0.0627. The number of thioether (sulfide) groups is 1. The predicted octanol–water partition coefficient (Wildman–Crippen LogP) is 2.93. The third-order valence-electron chi connectivity index (χ3n) is 3.85. The highest BCUT2D eigenvalue weighted by Gasteiger charge is 2.22. The van der Waals surface area contributed by atoms with Crippen LogP contribution in [0.4, 0.5) is 5.69 Å². The first-order chi connectivity index (χ1) is 10.6. The molecule has 0 amide bonds. The highest BCUT2D eigenvalue weighted by atomic mass is 32.2. The number of aromatic nitrogens is 1. The lowest BCUT2D eigenvalue weighted by Crippen LogP contribution is -2.20. The van der Waals surface area contributed by atoms with E-state index in [0.717, 1.165) is 52.6 Å². The van der Waals surface area contributed by atoms with Gasteiger partial charge in [-0.25, -0.2) is 0 Å². The van der Waals surface area contributed by atoms with Gasteiger partial charge in [0.2, 0.25) is 0 Å². The van der Waals surface area contributed by atoms with Crippen LogP contribution >= 0.6 is 11.8 Å². The van der Waals surface area contributed by atoms with Crippen LogP contribution in [0.25, 0.3) is 11.3 Å². The Morgan fingerprint density at radius 1 is 1.27 bits per heavy atom. The summed E-state index contributed by atoms with van der Waals surface area (Å²) in [6.45, 7) is 1.97. The van der Waals surface area contributed by atoms with Crippen molar-refractivity contribution in [1.82, 2.24) is 5.16 Å². The Kier molecular flexibility index (Phi) is 4.71. The molecule has 2 unspecified atom stereocenters. The first-order valence-corrected chi connectivity index (χ1v) is 8.59. The molecule has 2 heterocycles. The van der Waals surface area contributed by atoms with Crippen molar-refractivity contribution in [3.8, 4) is 11.3 Å². The average molecular weight is 319 g/mol. The summed E-state index contributed by atoms with van der Waals surface area (Å²) in [6, 6.07) is 7.67. The van der Waals surface area contributed by atoms with Crippen LogP contribution in [-0.4, -0.2) is 23.2 Å². The second-order valence-electron chi connectivity index (χ2n) is 5.59. The fraction of sp³-hybridized carbons (Fsp3) is 0.438. The summed E-state index contributed by atoms with van der Waals surface area (Å²) in [4.78, 5) is 0. The molecule has 0 spiro atoms. The number of anilines is 1. The first kappa shape index (κ1) is 15.4. The standard InChI is InChI=1S/C16H21N3O2S/c1-10-14(9-22-8-13-6-7-15(18)20-13)16(21-19-10)11-2-4-12(17)5-3-11/h2-5,13,15H,6-9,17-18H2,1H3. The topological polar surface area (TPSA) is 87.3 Å². The van der Waals surface area contributed by atoms with E-state index < -0.39 is 0 Å². The largest absolute Gasteiger partial charge is 0.399 e. The maximum atomic E-state index is 5.76. The average Bonchev–Trinajstić information content (AvgIpc) is 3.07. The minimum absolute atomic E-state index is 0.0896. The van der Waals surface area contributed by atoms with Gasteiger partial charge in [-0.1, -0.05) is 5.16 Å². The van der Waals surface area contributed by atoms with Gasteiger partial charge in [0.05, 0.1) is 11.8 Å². The Hall–Kier alpha value is -1.50. The summed E-state index contributed by atoms with van der Waals surface area (Å²) in [5.41, 5.74) is 15.3. The van der Waals surface area contributed by atoms with Gasteiger partial charge in [0, 0.05) is 28.3 Å². The van der Waals surface area contributed by atoms with Gasteiger partial charge < -0.3 is 20.7 Å². The van der Waals surface area contributed by atoms with Crippen LogP contribution < -0.4 is 11.5 Å². The Morgan fingerprint density at radius 3 is 2.73 bits per heavy atom. The molecule has 22 heavy (non-hydrogen) atoms. The third kappa shape index (κ3) is 3.45. The number of hydrogen-bond acceptors (Lipinski definition) is 6. The van der Waals surface area contributed by atoms with Crippen LogP contribution in [0.5, 0.6) is 0 Å². The zero-order valence-corrected chi connectivity index (χ0v) is 13.4. The van der Waals surface area contributed by atoms with E-state index in [1.54, 1.807) is 0 Å². The van der Waals surface area contributed by atoms with Crippen LogP contribution in [0.1, 0.15) is 24.1 Å². The van der Waals surface area contributed by atoms with Crippen LogP contribution in [0.2, 0.25) is 0 Å². The lowest BCUT2D eigenvalue weighted by atomic mass is 10.1. The van der Waals surface area contributed by atoms with E-state index in [0.29, 0.717) is 0 Å². The van der Waals surface area contributed by atoms with E-state index in [1.807, 2.05) is 43.0 Å². The second kappa shape index (κ2) is 6.73. The smallest absolute Gasteiger partial charge is 0.171 e. The van der Waals surface area contributed by atoms with Crippen molar-refractivity contribution in [3.05, 3.63) is 35.5 Å². The van der Waals surface area contributed by atoms with E-state index >= 15 is 0 Å².